The molecule has 0 aliphatic carbocycles. The van der Waals surface area contributed by atoms with Gasteiger partial charge < -0.3 is 16.8 Å². The third-order valence-electron chi connectivity index (χ3n) is 1.48. The van der Waals surface area contributed by atoms with Crippen LogP contribution in [-0.4, -0.2) is 23.3 Å². The summed E-state index contributed by atoms with van der Waals surface area (Å²) in [5, 5.41) is 2.48. The summed E-state index contributed by atoms with van der Waals surface area (Å²) in [5.41, 5.74) is 10.7. The molecule has 0 aromatic carbocycles. The molecule has 5 N–H and O–H groups in total. The first-order valence-electron chi connectivity index (χ1n) is 3.89. The molecule has 1 aromatic heterocycles. The molecule has 0 bridgehead atoms. The molecule has 0 spiro atoms. The molecule has 14 heavy (non-hydrogen) atoms. The summed E-state index contributed by atoms with van der Waals surface area (Å²) in [6.45, 7) is -0.117. The average Bonchev–Trinajstić information content (AvgIpc) is 2.18. The highest BCUT2D eigenvalue weighted by molar-refractivity contribution is 5.95. The number of carbonyl (C=O) groups excluding carboxylic acids is 2. The van der Waals surface area contributed by atoms with Crippen LogP contribution in [0.25, 0.3) is 0 Å². The zero-order valence-corrected chi connectivity index (χ0v) is 7.36. The standard InChI is InChI=1S/C8H10N4O2/c9-4-7(13)12-5-1-2-11-6(3-5)8(10)14/h1-3H,4,9H2,(H2,10,14)(H,11,12,13). The predicted octanol–water partition coefficient (Wildman–Crippen LogP) is -0.922. The van der Waals surface area contributed by atoms with Gasteiger partial charge in [-0.15, -0.1) is 0 Å². The third kappa shape index (κ3) is 2.53. The zero-order valence-electron chi connectivity index (χ0n) is 7.36. The highest BCUT2D eigenvalue weighted by atomic mass is 16.2. The molecule has 0 fully saturated rings. The van der Waals surface area contributed by atoms with Crippen LogP contribution in [0.15, 0.2) is 18.3 Å². The van der Waals surface area contributed by atoms with E-state index in [-0.39, 0.29) is 18.1 Å². The lowest BCUT2D eigenvalue weighted by Gasteiger charge is -2.03. The molecule has 74 valence electrons. The van der Waals surface area contributed by atoms with Gasteiger partial charge in [-0.3, -0.25) is 14.6 Å². The van der Waals surface area contributed by atoms with E-state index < -0.39 is 5.91 Å². The number of rotatable bonds is 3. The van der Waals surface area contributed by atoms with Crippen molar-refractivity contribution < 1.29 is 9.59 Å². The number of nitrogens with one attached hydrogen (secondary N) is 1. The van der Waals surface area contributed by atoms with Gasteiger partial charge >= 0.3 is 0 Å². The van der Waals surface area contributed by atoms with E-state index in [0.29, 0.717) is 5.69 Å². The Bertz CT molecular complexity index is 364. The van der Waals surface area contributed by atoms with E-state index in [0.717, 1.165) is 0 Å². The fraction of sp³-hybridized carbons (Fsp3) is 0.125. The SMILES string of the molecule is NCC(=O)Nc1ccnc(C(N)=O)c1. The van der Waals surface area contributed by atoms with Gasteiger partial charge in [-0.05, 0) is 12.1 Å². The van der Waals surface area contributed by atoms with Crippen molar-refractivity contribution in [1.29, 1.82) is 0 Å². The van der Waals surface area contributed by atoms with Crippen molar-refractivity contribution in [1.82, 2.24) is 4.98 Å². The van der Waals surface area contributed by atoms with Gasteiger partial charge in [-0.25, -0.2) is 0 Å². The number of hydrogen-bond donors (Lipinski definition) is 3. The maximum absolute atomic E-state index is 10.9. The molecule has 2 amide bonds. The first-order valence-corrected chi connectivity index (χ1v) is 3.89. The summed E-state index contributed by atoms with van der Waals surface area (Å²) in [6, 6.07) is 2.93. The monoisotopic (exact) mass is 194 g/mol. The Morgan fingerprint density at radius 1 is 1.50 bits per heavy atom. The van der Waals surface area contributed by atoms with Gasteiger partial charge in [-0.2, -0.15) is 0 Å². The Morgan fingerprint density at radius 3 is 2.79 bits per heavy atom. The lowest BCUT2D eigenvalue weighted by atomic mass is 10.3. The molecular formula is C8H10N4O2. The Hall–Kier alpha value is -1.95. The van der Waals surface area contributed by atoms with E-state index in [1.54, 1.807) is 6.07 Å². The lowest BCUT2D eigenvalue weighted by Crippen LogP contribution is -2.22. The molecule has 1 heterocycles. The fourth-order valence-corrected chi connectivity index (χ4v) is 0.855. The van der Waals surface area contributed by atoms with Crippen LogP contribution in [-0.2, 0) is 4.79 Å². The molecule has 0 saturated heterocycles. The topological polar surface area (TPSA) is 111 Å². The summed E-state index contributed by atoms with van der Waals surface area (Å²) in [4.78, 5) is 25.3. The van der Waals surface area contributed by atoms with Gasteiger partial charge in [0.05, 0.1) is 6.54 Å². The molecule has 6 nitrogen and oxygen atoms in total. The average molecular weight is 194 g/mol. The maximum Gasteiger partial charge on any atom is 0.267 e. The van der Waals surface area contributed by atoms with Gasteiger partial charge in [0.2, 0.25) is 5.91 Å². The van der Waals surface area contributed by atoms with E-state index in [1.807, 2.05) is 0 Å². The molecule has 1 rings (SSSR count). The number of primary amides is 1. The lowest BCUT2D eigenvalue weighted by molar-refractivity contribution is -0.114. The van der Waals surface area contributed by atoms with E-state index in [9.17, 15) is 9.59 Å². The molecule has 0 saturated carbocycles. The second-order valence-corrected chi connectivity index (χ2v) is 2.55. The second kappa shape index (κ2) is 4.33. The summed E-state index contributed by atoms with van der Waals surface area (Å²) < 4.78 is 0. The van der Waals surface area contributed by atoms with Crippen molar-refractivity contribution in [3.05, 3.63) is 24.0 Å². The number of hydrogen-bond acceptors (Lipinski definition) is 4. The highest BCUT2D eigenvalue weighted by Crippen LogP contribution is 2.06. The van der Waals surface area contributed by atoms with Gasteiger partial charge in [-0.1, -0.05) is 0 Å². The zero-order chi connectivity index (χ0) is 10.6. The number of pyridine rings is 1. The minimum Gasteiger partial charge on any atom is -0.364 e. The van der Waals surface area contributed by atoms with E-state index in [1.165, 1.54) is 12.3 Å². The molecule has 6 heteroatoms. The fourth-order valence-electron chi connectivity index (χ4n) is 0.855. The first-order chi connectivity index (χ1) is 6.63. The molecule has 1 aromatic rings. The van der Waals surface area contributed by atoms with Gasteiger partial charge in [0.15, 0.2) is 0 Å². The van der Waals surface area contributed by atoms with E-state index in [2.05, 4.69) is 10.3 Å². The number of amides is 2. The first kappa shape index (κ1) is 10.1. The van der Waals surface area contributed by atoms with Crippen molar-refractivity contribution in [2.45, 2.75) is 0 Å². The molecule has 0 aliphatic rings. The van der Waals surface area contributed by atoms with Crippen LogP contribution in [0.3, 0.4) is 0 Å². The van der Waals surface area contributed by atoms with Crippen molar-refractivity contribution in [2.75, 3.05) is 11.9 Å². The molecule has 0 unspecified atom stereocenters. The van der Waals surface area contributed by atoms with Gasteiger partial charge in [0, 0.05) is 11.9 Å². The van der Waals surface area contributed by atoms with Crippen molar-refractivity contribution in [3.8, 4) is 0 Å². The number of carbonyl (C=O) groups is 2. The normalized spacial score (nSPS) is 9.50. The van der Waals surface area contributed by atoms with Crippen LogP contribution >= 0.6 is 0 Å². The van der Waals surface area contributed by atoms with Crippen LogP contribution in [0, 0.1) is 0 Å². The highest BCUT2D eigenvalue weighted by Gasteiger charge is 2.04. The Kier molecular flexibility index (Phi) is 3.14. The van der Waals surface area contributed by atoms with Crippen LogP contribution in [0.4, 0.5) is 5.69 Å². The number of nitrogens with two attached hydrogens (primary N) is 2. The van der Waals surface area contributed by atoms with E-state index >= 15 is 0 Å². The van der Waals surface area contributed by atoms with Crippen molar-refractivity contribution in [3.63, 3.8) is 0 Å². The minimum atomic E-state index is -0.645. The van der Waals surface area contributed by atoms with Gasteiger partial charge in [0.1, 0.15) is 5.69 Å². The van der Waals surface area contributed by atoms with Crippen LogP contribution in [0.5, 0.6) is 0 Å². The molecule has 0 aliphatic heterocycles. The summed E-state index contributed by atoms with van der Waals surface area (Å²) in [7, 11) is 0. The number of anilines is 1. The number of nitrogens with zero attached hydrogens (tertiary/aromatic N) is 1. The summed E-state index contributed by atoms with van der Waals surface area (Å²) >= 11 is 0. The quantitative estimate of drug-likeness (QED) is 0.577. The summed E-state index contributed by atoms with van der Waals surface area (Å²) in [6.07, 6.45) is 1.38. The van der Waals surface area contributed by atoms with Crippen LogP contribution in [0.1, 0.15) is 10.5 Å². The Balaban J connectivity index is 2.83. The number of aromatic nitrogens is 1. The van der Waals surface area contributed by atoms with Crippen molar-refractivity contribution in [2.24, 2.45) is 11.5 Å². The molecule has 0 radical (unpaired) electrons. The molecule has 0 atom stereocenters. The Morgan fingerprint density at radius 2 is 2.21 bits per heavy atom. The molecular weight excluding hydrogens is 184 g/mol. The Labute approximate surface area is 80.3 Å². The van der Waals surface area contributed by atoms with Crippen LogP contribution < -0.4 is 16.8 Å². The van der Waals surface area contributed by atoms with Crippen molar-refractivity contribution >= 4 is 17.5 Å². The smallest absolute Gasteiger partial charge is 0.267 e. The minimum absolute atomic E-state index is 0.0971. The largest absolute Gasteiger partial charge is 0.364 e. The van der Waals surface area contributed by atoms with Gasteiger partial charge in [0.25, 0.3) is 5.91 Å². The maximum atomic E-state index is 10.9. The predicted molar refractivity (Wildman–Crippen MR) is 50.4 cm³/mol. The van der Waals surface area contributed by atoms with Crippen LogP contribution in [0.2, 0.25) is 0 Å². The third-order valence-corrected chi connectivity index (χ3v) is 1.48. The second-order valence-electron chi connectivity index (χ2n) is 2.55. The summed E-state index contributed by atoms with van der Waals surface area (Å²) in [5.74, 6) is -0.986. The van der Waals surface area contributed by atoms with E-state index in [4.69, 9.17) is 11.5 Å².